The minimum Gasteiger partial charge on any atom is -0.480 e. The van der Waals surface area contributed by atoms with E-state index in [4.69, 9.17) is 5.11 Å². The van der Waals surface area contributed by atoms with Gasteiger partial charge in [-0.1, -0.05) is 32.9 Å². The van der Waals surface area contributed by atoms with Crippen molar-refractivity contribution in [2.75, 3.05) is 0 Å². The summed E-state index contributed by atoms with van der Waals surface area (Å²) in [4.78, 5) is 11.0. The molecule has 20 heavy (non-hydrogen) atoms. The molecule has 1 rings (SSSR count). The molecule has 0 aliphatic heterocycles. The van der Waals surface area contributed by atoms with E-state index in [1.807, 2.05) is 0 Å². The molecular formula is C14H21NO4S. The molecule has 2 N–H and O–H groups in total. The number of carboxylic acids is 1. The van der Waals surface area contributed by atoms with Crippen molar-refractivity contribution >= 4 is 16.0 Å². The van der Waals surface area contributed by atoms with E-state index in [1.165, 1.54) is 12.1 Å². The van der Waals surface area contributed by atoms with Gasteiger partial charge in [-0.3, -0.25) is 4.79 Å². The fourth-order valence-electron chi connectivity index (χ4n) is 1.84. The lowest BCUT2D eigenvalue weighted by Crippen LogP contribution is -2.40. The van der Waals surface area contributed by atoms with E-state index in [2.05, 4.69) is 18.6 Å². The Morgan fingerprint density at radius 1 is 1.25 bits per heavy atom. The highest BCUT2D eigenvalue weighted by Crippen LogP contribution is 2.14. The molecule has 0 aliphatic rings. The van der Waals surface area contributed by atoms with Gasteiger partial charge in [0.05, 0.1) is 4.90 Å². The van der Waals surface area contributed by atoms with Crippen LogP contribution in [0.1, 0.15) is 32.8 Å². The summed E-state index contributed by atoms with van der Waals surface area (Å²) >= 11 is 0. The number of hydrogen-bond acceptors (Lipinski definition) is 3. The average molecular weight is 299 g/mol. The molecule has 112 valence electrons. The van der Waals surface area contributed by atoms with E-state index >= 15 is 0 Å². The summed E-state index contributed by atoms with van der Waals surface area (Å²) in [6.07, 6.45) is 1.07. The molecule has 0 amide bonds. The molecule has 1 aromatic rings. The predicted molar refractivity (Wildman–Crippen MR) is 77.0 cm³/mol. The van der Waals surface area contributed by atoms with Crippen LogP contribution in [-0.4, -0.2) is 25.5 Å². The molecule has 0 saturated heterocycles. The molecule has 0 unspecified atom stereocenters. The third-order valence-electron chi connectivity index (χ3n) is 2.88. The van der Waals surface area contributed by atoms with Gasteiger partial charge in [0, 0.05) is 0 Å². The van der Waals surface area contributed by atoms with Crippen molar-refractivity contribution < 1.29 is 18.3 Å². The summed E-state index contributed by atoms with van der Waals surface area (Å²) in [6.45, 7) is 5.79. The molecule has 1 atom stereocenters. The van der Waals surface area contributed by atoms with Crippen LogP contribution in [0, 0.1) is 5.92 Å². The molecule has 5 nitrogen and oxygen atoms in total. The number of nitrogens with one attached hydrogen (secondary N) is 1. The van der Waals surface area contributed by atoms with Crippen molar-refractivity contribution in [3.63, 3.8) is 0 Å². The highest BCUT2D eigenvalue weighted by atomic mass is 32.2. The van der Waals surface area contributed by atoms with Crippen molar-refractivity contribution in [2.45, 2.75) is 44.6 Å². The number of benzene rings is 1. The van der Waals surface area contributed by atoms with Crippen LogP contribution in [0.3, 0.4) is 0 Å². The van der Waals surface area contributed by atoms with Gasteiger partial charge in [0.1, 0.15) is 6.04 Å². The Hall–Kier alpha value is -1.40. The lowest BCUT2D eigenvalue weighted by atomic mass is 10.0. The van der Waals surface area contributed by atoms with Crippen LogP contribution < -0.4 is 4.72 Å². The van der Waals surface area contributed by atoms with Gasteiger partial charge in [-0.2, -0.15) is 4.72 Å². The van der Waals surface area contributed by atoms with Gasteiger partial charge in [-0.05, 0) is 36.5 Å². The quantitative estimate of drug-likeness (QED) is 0.807. The van der Waals surface area contributed by atoms with Gasteiger partial charge in [0.2, 0.25) is 10.0 Å². The van der Waals surface area contributed by atoms with Crippen LogP contribution in [-0.2, 0) is 21.2 Å². The van der Waals surface area contributed by atoms with E-state index in [9.17, 15) is 13.2 Å². The number of rotatable bonds is 7. The zero-order chi connectivity index (χ0) is 15.3. The Kier molecular flexibility index (Phi) is 5.71. The maximum absolute atomic E-state index is 12.1. The molecule has 0 saturated carbocycles. The predicted octanol–water partition coefficient (Wildman–Crippen LogP) is 2.03. The van der Waals surface area contributed by atoms with E-state index in [0.29, 0.717) is 5.92 Å². The van der Waals surface area contributed by atoms with Crippen molar-refractivity contribution in [1.82, 2.24) is 4.72 Å². The normalized spacial score (nSPS) is 13.4. The van der Waals surface area contributed by atoms with Gasteiger partial charge >= 0.3 is 5.97 Å². The number of carbonyl (C=O) groups is 1. The first-order valence-corrected chi connectivity index (χ1v) is 8.08. The summed E-state index contributed by atoms with van der Waals surface area (Å²) < 4.78 is 26.3. The monoisotopic (exact) mass is 299 g/mol. The number of sulfonamides is 1. The van der Waals surface area contributed by atoms with Gasteiger partial charge < -0.3 is 5.11 Å². The highest BCUT2D eigenvalue weighted by molar-refractivity contribution is 7.89. The Labute approximate surface area is 120 Å². The fourth-order valence-corrected chi connectivity index (χ4v) is 3.11. The van der Waals surface area contributed by atoms with Gasteiger partial charge in [-0.15, -0.1) is 0 Å². The molecule has 1 aromatic carbocycles. The Morgan fingerprint density at radius 2 is 1.80 bits per heavy atom. The minimum atomic E-state index is -3.79. The smallest absolute Gasteiger partial charge is 0.321 e. The van der Waals surface area contributed by atoms with Crippen molar-refractivity contribution in [2.24, 2.45) is 5.92 Å². The van der Waals surface area contributed by atoms with Crippen LogP contribution in [0.2, 0.25) is 0 Å². The van der Waals surface area contributed by atoms with Gasteiger partial charge in [-0.25, -0.2) is 8.42 Å². The Balaban J connectivity index is 2.90. The second-order valence-corrected chi connectivity index (χ2v) is 6.88. The van der Waals surface area contributed by atoms with Crippen LogP contribution in [0.25, 0.3) is 0 Å². The first-order chi connectivity index (χ1) is 9.26. The topological polar surface area (TPSA) is 83.5 Å². The lowest BCUT2D eigenvalue weighted by molar-refractivity contribution is -0.139. The number of carboxylic acid groups (broad SMARTS) is 1. The molecule has 6 heteroatoms. The van der Waals surface area contributed by atoms with E-state index in [-0.39, 0.29) is 11.3 Å². The van der Waals surface area contributed by atoms with Crippen LogP contribution in [0.5, 0.6) is 0 Å². The largest absolute Gasteiger partial charge is 0.480 e. The molecule has 0 aromatic heterocycles. The molecular weight excluding hydrogens is 278 g/mol. The molecule has 0 radical (unpaired) electrons. The molecule has 0 aliphatic carbocycles. The van der Waals surface area contributed by atoms with Gasteiger partial charge in [0.25, 0.3) is 0 Å². The van der Waals surface area contributed by atoms with Gasteiger partial charge in [0.15, 0.2) is 0 Å². The second kappa shape index (κ2) is 6.85. The lowest BCUT2D eigenvalue weighted by Gasteiger charge is -2.13. The summed E-state index contributed by atoms with van der Waals surface area (Å²) in [5.74, 6) is -0.681. The summed E-state index contributed by atoms with van der Waals surface area (Å²) in [6, 6.07) is 5.44. The SMILES string of the molecule is CC[C@H](NS(=O)(=O)c1ccc(CC(C)C)cc1)C(=O)O. The zero-order valence-electron chi connectivity index (χ0n) is 12.0. The summed E-state index contributed by atoms with van der Waals surface area (Å²) in [5, 5.41) is 8.90. The third-order valence-corrected chi connectivity index (χ3v) is 4.37. The highest BCUT2D eigenvalue weighted by Gasteiger charge is 2.23. The fraction of sp³-hybridized carbons (Fsp3) is 0.500. The maximum atomic E-state index is 12.1. The second-order valence-electron chi connectivity index (χ2n) is 5.16. The van der Waals surface area contributed by atoms with E-state index in [1.54, 1.807) is 19.1 Å². The molecule has 0 heterocycles. The standard InChI is InChI=1S/C14H21NO4S/c1-4-13(14(16)17)15-20(18,19)12-7-5-11(6-8-12)9-10(2)3/h5-8,10,13,15H,4,9H2,1-3H3,(H,16,17)/t13-/m0/s1. The Morgan fingerprint density at radius 3 is 2.20 bits per heavy atom. The first-order valence-electron chi connectivity index (χ1n) is 6.60. The zero-order valence-corrected chi connectivity index (χ0v) is 12.8. The minimum absolute atomic E-state index is 0.0877. The van der Waals surface area contributed by atoms with Crippen LogP contribution >= 0.6 is 0 Å². The first kappa shape index (κ1) is 16.7. The summed E-state index contributed by atoms with van der Waals surface area (Å²) in [7, 11) is -3.79. The van der Waals surface area contributed by atoms with Crippen molar-refractivity contribution in [3.05, 3.63) is 29.8 Å². The molecule has 0 bridgehead atoms. The Bertz CT molecular complexity index is 549. The average Bonchev–Trinajstić information content (AvgIpc) is 2.35. The van der Waals surface area contributed by atoms with E-state index < -0.39 is 22.0 Å². The number of aliphatic carboxylic acids is 1. The number of hydrogen-bond donors (Lipinski definition) is 2. The molecule has 0 spiro atoms. The van der Waals surface area contributed by atoms with Crippen molar-refractivity contribution in [3.8, 4) is 0 Å². The molecule has 0 fully saturated rings. The third kappa shape index (κ3) is 4.61. The van der Waals surface area contributed by atoms with Crippen LogP contribution in [0.4, 0.5) is 0 Å². The maximum Gasteiger partial charge on any atom is 0.321 e. The summed E-state index contributed by atoms with van der Waals surface area (Å²) in [5.41, 5.74) is 1.06. The van der Waals surface area contributed by atoms with Crippen LogP contribution in [0.15, 0.2) is 29.2 Å². The van der Waals surface area contributed by atoms with E-state index in [0.717, 1.165) is 12.0 Å². The van der Waals surface area contributed by atoms with Crippen molar-refractivity contribution in [1.29, 1.82) is 0 Å².